The van der Waals surface area contributed by atoms with Crippen LogP contribution in [0.3, 0.4) is 0 Å². The van der Waals surface area contributed by atoms with E-state index in [9.17, 15) is 14.7 Å². The van der Waals surface area contributed by atoms with Gasteiger partial charge in [-0.05, 0) is 62.7 Å². The molecular weight excluding hydrogens is 420 g/mol. The van der Waals surface area contributed by atoms with Crippen LogP contribution in [0.1, 0.15) is 105 Å². The lowest BCUT2D eigenvalue weighted by molar-refractivity contribution is -0.137. The Kier molecular flexibility index (Phi) is 12.9. The zero-order valence-electron chi connectivity index (χ0n) is 21.7. The lowest BCUT2D eigenvalue weighted by Gasteiger charge is -2.24. The van der Waals surface area contributed by atoms with Crippen LogP contribution in [0, 0.1) is 10.8 Å². The summed E-state index contributed by atoms with van der Waals surface area (Å²) in [5, 5.41) is 18.7. The van der Waals surface area contributed by atoms with Crippen LogP contribution in [0.5, 0.6) is 5.88 Å². The highest BCUT2D eigenvalue weighted by atomic mass is 16.5. The predicted octanol–water partition coefficient (Wildman–Crippen LogP) is 5.82. The number of aromatic nitrogens is 2. The van der Waals surface area contributed by atoms with E-state index < -0.39 is 5.97 Å². The molecule has 7 nitrogen and oxygen atoms in total. The van der Waals surface area contributed by atoms with Crippen molar-refractivity contribution in [3.8, 4) is 5.88 Å². The molecule has 0 atom stereocenters. The summed E-state index contributed by atoms with van der Waals surface area (Å²) in [4.78, 5) is 22.8. The minimum atomic E-state index is -0.714. The molecule has 192 valence electrons. The molecule has 1 aromatic rings. The number of aryl methyl sites for hydroxylation is 1. The summed E-state index contributed by atoms with van der Waals surface area (Å²) < 4.78 is 8.79. The first kappa shape index (κ1) is 29.3. The van der Waals surface area contributed by atoms with Crippen LogP contribution in [0.15, 0.2) is 11.0 Å². The van der Waals surface area contributed by atoms with Crippen molar-refractivity contribution < 1.29 is 19.7 Å². The molecule has 33 heavy (non-hydrogen) atoms. The molecule has 7 heteroatoms. The van der Waals surface area contributed by atoms with Gasteiger partial charge in [0.05, 0.1) is 6.20 Å². The lowest BCUT2D eigenvalue weighted by Crippen LogP contribution is -2.23. The van der Waals surface area contributed by atoms with Crippen LogP contribution in [0.2, 0.25) is 0 Å². The van der Waals surface area contributed by atoms with Crippen molar-refractivity contribution >= 4 is 5.97 Å². The Hall–Kier alpha value is -1.76. The van der Waals surface area contributed by atoms with Crippen LogP contribution in [-0.2, 0) is 22.6 Å². The second-order valence-electron chi connectivity index (χ2n) is 10.9. The zero-order chi connectivity index (χ0) is 24.9. The van der Waals surface area contributed by atoms with Gasteiger partial charge in [-0.1, -0.05) is 47.0 Å². The molecule has 1 heterocycles. The smallest absolute Gasteiger partial charge is 0.331 e. The number of hydrogen-bond acceptors (Lipinski definition) is 4. The predicted molar refractivity (Wildman–Crippen MR) is 133 cm³/mol. The van der Waals surface area contributed by atoms with Gasteiger partial charge in [-0.15, -0.1) is 0 Å². The normalized spacial score (nSPS) is 12.4. The van der Waals surface area contributed by atoms with E-state index in [1.165, 1.54) is 15.3 Å². The van der Waals surface area contributed by atoms with Crippen molar-refractivity contribution in [3.63, 3.8) is 0 Å². The fourth-order valence-corrected chi connectivity index (χ4v) is 4.24. The number of carbonyl (C=O) groups is 1. The maximum absolute atomic E-state index is 12.1. The molecule has 0 spiro atoms. The van der Waals surface area contributed by atoms with Crippen LogP contribution in [0.4, 0.5) is 0 Å². The van der Waals surface area contributed by atoms with Crippen molar-refractivity contribution in [1.29, 1.82) is 0 Å². The topological polar surface area (TPSA) is 93.7 Å². The minimum absolute atomic E-state index is 0.0583. The number of aliphatic carboxylic acids is 1. The van der Waals surface area contributed by atoms with E-state index in [1.54, 1.807) is 0 Å². The third-order valence-corrected chi connectivity index (χ3v) is 6.65. The average Bonchev–Trinajstić information content (AvgIpc) is 3.01. The first-order valence-electron chi connectivity index (χ1n) is 12.8. The van der Waals surface area contributed by atoms with Crippen LogP contribution in [-0.4, -0.2) is 38.5 Å². The number of carboxylic acid groups (broad SMARTS) is 1. The SMILES string of the molecule is CCn1cc(O)n(CCCCC(C)(C)CCCCOCCCCC(C)(C)CCC(=O)O)c1=O. The number of rotatable bonds is 19. The van der Waals surface area contributed by atoms with Gasteiger partial charge in [0.2, 0.25) is 5.88 Å². The summed E-state index contributed by atoms with van der Waals surface area (Å²) in [6.07, 6.45) is 12.0. The van der Waals surface area contributed by atoms with Crippen molar-refractivity contribution in [2.75, 3.05) is 13.2 Å². The van der Waals surface area contributed by atoms with E-state index in [2.05, 4.69) is 27.7 Å². The van der Waals surface area contributed by atoms with Gasteiger partial charge in [0.25, 0.3) is 0 Å². The standard InChI is InChI=1S/C26H48N2O5/c1-6-27-21-22(29)28(24(27)32)18-10-7-14-25(2,3)15-8-11-19-33-20-12-9-16-26(4,5)17-13-23(30)31/h21,29H,6-20H2,1-5H3,(H,30,31). The third-order valence-electron chi connectivity index (χ3n) is 6.65. The highest BCUT2D eigenvalue weighted by molar-refractivity contribution is 5.66. The Bertz CT molecular complexity index is 748. The van der Waals surface area contributed by atoms with E-state index in [-0.39, 0.29) is 28.8 Å². The molecule has 0 amide bonds. The van der Waals surface area contributed by atoms with Gasteiger partial charge in [-0.2, -0.15) is 0 Å². The highest BCUT2D eigenvalue weighted by Gasteiger charge is 2.19. The van der Waals surface area contributed by atoms with Gasteiger partial charge in [-0.25, -0.2) is 4.79 Å². The van der Waals surface area contributed by atoms with Gasteiger partial charge in [0, 0.05) is 32.7 Å². The Morgan fingerprint density at radius 1 is 0.909 bits per heavy atom. The minimum Gasteiger partial charge on any atom is -0.493 e. The third kappa shape index (κ3) is 12.3. The molecule has 0 aliphatic heterocycles. The van der Waals surface area contributed by atoms with Gasteiger partial charge >= 0.3 is 11.7 Å². The Morgan fingerprint density at radius 2 is 1.42 bits per heavy atom. The first-order chi connectivity index (χ1) is 15.5. The molecule has 0 fully saturated rings. The van der Waals surface area contributed by atoms with E-state index in [0.29, 0.717) is 13.1 Å². The monoisotopic (exact) mass is 468 g/mol. The Labute approximate surface area is 200 Å². The summed E-state index contributed by atoms with van der Waals surface area (Å²) in [5.41, 5.74) is 0.223. The second kappa shape index (κ2) is 14.5. The van der Waals surface area contributed by atoms with E-state index >= 15 is 0 Å². The molecule has 0 aromatic carbocycles. The largest absolute Gasteiger partial charge is 0.493 e. The van der Waals surface area contributed by atoms with E-state index in [1.807, 2.05) is 6.92 Å². The summed E-state index contributed by atoms with van der Waals surface area (Å²) in [5.74, 6) is -0.655. The van der Waals surface area contributed by atoms with Crippen molar-refractivity contribution in [1.82, 2.24) is 9.13 Å². The van der Waals surface area contributed by atoms with Crippen LogP contribution in [0.25, 0.3) is 0 Å². The molecule has 0 aliphatic rings. The number of aromatic hydroxyl groups is 1. The van der Waals surface area contributed by atoms with E-state index in [4.69, 9.17) is 9.84 Å². The van der Waals surface area contributed by atoms with Gasteiger partial charge in [0.15, 0.2) is 0 Å². The Balaban J connectivity index is 2.07. The van der Waals surface area contributed by atoms with Gasteiger partial charge < -0.3 is 14.9 Å². The molecule has 1 aromatic heterocycles. The fourth-order valence-electron chi connectivity index (χ4n) is 4.24. The summed E-state index contributed by atoms with van der Waals surface area (Å²) in [6.45, 7) is 13.5. The maximum Gasteiger partial charge on any atom is 0.331 e. The molecular formula is C26H48N2O5. The quantitative estimate of drug-likeness (QED) is 0.250. The zero-order valence-corrected chi connectivity index (χ0v) is 21.7. The summed E-state index contributed by atoms with van der Waals surface area (Å²) >= 11 is 0. The molecule has 0 unspecified atom stereocenters. The number of ether oxygens (including phenoxy) is 1. The van der Waals surface area contributed by atoms with Crippen LogP contribution < -0.4 is 5.69 Å². The summed E-state index contributed by atoms with van der Waals surface area (Å²) in [7, 11) is 0. The first-order valence-corrected chi connectivity index (χ1v) is 12.8. The van der Waals surface area contributed by atoms with Crippen LogP contribution >= 0.6 is 0 Å². The number of nitrogens with zero attached hydrogens (tertiary/aromatic N) is 2. The van der Waals surface area contributed by atoms with E-state index in [0.717, 1.165) is 77.4 Å². The molecule has 0 saturated carbocycles. The molecule has 1 rings (SSSR count). The number of unbranched alkanes of at least 4 members (excludes halogenated alkanes) is 3. The van der Waals surface area contributed by atoms with Gasteiger partial charge in [0.1, 0.15) is 0 Å². The lowest BCUT2D eigenvalue weighted by atomic mass is 9.82. The van der Waals surface area contributed by atoms with Crippen molar-refractivity contribution in [3.05, 3.63) is 16.7 Å². The van der Waals surface area contributed by atoms with Crippen molar-refractivity contribution in [2.45, 2.75) is 118 Å². The fraction of sp³-hybridized carbons (Fsp3) is 0.846. The summed E-state index contributed by atoms with van der Waals surface area (Å²) in [6, 6.07) is 0. The molecule has 0 saturated heterocycles. The molecule has 0 aliphatic carbocycles. The molecule has 0 bridgehead atoms. The number of carboxylic acids is 1. The second-order valence-corrected chi connectivity index (χ2v) is 10.9. The number of hydrogen-bond donors (Lipinski definition) is 2. The maximum atomic E-state index is 12.1. The molecule has 0 radical (unpaired) electrons. The highest BCUT2D eigenvalue weighted by Crippen LogP contribution is 2.30. The average molecular weight is 469 g/mol. The molecule has 2 N–H and O–H groups in total. The number of imidazole rings is 1. The van der Waals surface area contributed by atoms with Crippen molar-refractivity contribution in [2.24, 2.45) is 10.8 Å². The Morgan fingerprint density at radius 3 is 1.91 bits per heavy atom. The van der Waals surface area contributed by atoms with Gasteiger partial charge in [-0.3, -0.25) is 13.9 Å².